The van der Waals surface area contributed by atoms with Crippen LogP contribution in [-0.4, -0.2) is 11.4 Å². The molecule has 1 N–H and O–H groups in total. The largest absolute Gasteiger partial charge is 0.411 e. The van der Waals surface area contributed by atoms with Gasteiger partial charge in [-0.2, -0.15) is 0 Å². The highest BCUT2D eigenvalue weighted by atomic mass is 16.4. The third-order valence-corrected chi connectivity index (χ3v) is 1.18. The second-order valence-corrected chi connectivity index (χ2v) is 2.07. The van der Waals surface area contributed by atoms with Crippen LogP contribution >= 0.6 is 0 Å². The Bertz CT molecular complexity index is 243. The fourth-order valence-electron chi connectivity index (χ4n) is 0.741. The number of hydrogen-bond donors (Lipinski definition) is 1. The molecule has 0 bridgehead atoms. The average molecular weight is 134 g/mol. The molecule has 0 amide bonds. The Labute approximate surface area is 59.8 Å². The van der Waals surface area contributed by atoms with Gasteiger partial charge in [-0.3, -0.25) is 0 Å². The molecule has 0 saturated carbocycles. The number of aryl methyl sites for hydroxylation is 1. The minimum absolute atomic E-state index is 0.794. The predicted octanol–water partition coefficient (Wildman–Crippen LogP) is 1.60. The molecule has 0 fully saturated rings. The first kappa shape index (κ1) is 6.81. The van der Waals surface area contributed by atoms with Crippen LogP contribution in [0.25, 0.3) is 0 Å². The van der Waals surface area contributed by atoms with E-state index in [1.54, 1.807) is 6.07 Å². The predicted molar refractivity (Wildman–Crippen MR) is 39.4 cm³/mol. The Balaban J connectivity index is 2.95. The number of hydrogen-bond acceptors (Lipinski definition) is 2. The van der Waals surface area contributed by atoms with Crippen LogP contribution in [-0.2, 0) is 0 Å². The van der Waals surface area contributed by atoms with Gasteiger partial charge in [0.05, 0.1) is 6.21 Å². The summed E-state index contributed by atoms with van der Waals surface area (Å²) in [6.45, 7) is 1.97. The first-order valence-electron chi connectivity index (χ1n) is 2.98. The lowest BCUT2D eigenvalue weighted by Crippen LogP contribution is -1.81. The van der Waals surface area contributed by atoms with E-state index in [0.29, 0.717) is 0 Å². The van der Waals surface area contributed by atoms with Crippen LogP contribution in [0.3, 0.4) is 0 Å². The van der Waals surface area contributed by atoms with Crippen LogP contribution in [0.4, 0.5) is 0 Å². The molecule has 2 nitrogen and oxygen atoms in total. The third kappa shape index (κ3) is 1.58. The lowest BCUT2D eigenvalue weighted by molar-refractivity contribution is 0.322. The van der Waals surface area contributed by atoms with Gasteiger partial charge in [-0.1, -0.05) is 22.9 Å². The van der Waals surface area contributed by atoms with Crippen LogP contribution in [0.15, 0.2) is 23.4 Å². The SMILES string of the molecule is Cc1cc[c]c(/C=N\O)c1. The molecular formula is C8H8NO. The van der Waals surface area contributed by atoms with E-state index in [1.807, 2.05) is 19.1 Å². The van der Waals surface area contributed by atoms with Gasteiger partial charge in [-0.15, -0.1) is 0 Å². The fraction of sp³-hybridized carbons (Fsp3) is 0.125. The third-order valence-electron chi connectivity index (χ3n) is 1.18. The van der Waals surface area contributed by atoms with Crippen LogP contribution in [0, 0.1) is 13.0 Å². The Morgan fingerprint density at radius 3 is 3.10 bits per heavy atom. The highest BCUT2D eigenvalue weighted by molar-refractivity contribution is 5.78. The van der Waals surface area contributed by atoms with Gasteiger partial charge in [-0.05, 0) is 19.1 Å². The van der Waals surface area contributed by atoms with Gasteiger partial charge in [0.1, 0.15) is 0 Å². The Hall–Kier alpha value is -1.31. The number of rotatable bonds is 1. The van der Waals surface area contributed by atoms with Gasteiger partial charge in [0.15, 0.2) is 0 Å². The molecule has 51 valence electrons. The van der Waals surface area contributed by atoms with E-state index < -0.39 is 0 Å². The molecule has 0 heterocycles. The Morgan fingerprint density at radius 2 is 2.50 bits per heavy atom. The van der Waals surface area contributed by atoms with E-state index in [9.17, 15) is 0 Å². The van der Waals surface area contributed by atoms with Crippen molar-refractivity contribution in [1.29, 1.82) is 0 Å². The summed E-state index contributed by atoms with van der Waals surface area (Å²) in [4.78, 5) is 0. The molecule has 1 rings (SSSR count). The monoisotopic (exact) mass is 134 g/mol. The van der Waals surface area contributed by atoms with E-state index in [-0.39, 0.29) is 0 Å². The molecule has 1 radical (unpaired) electrons. The van der Waals surface area contributed by atoms with Gasteiger partial charge in [0.25, 0.3) is 0 Å². The minimum Gasteiger partial charge on any atom is -0.411 e. The van der Waals surface area contributed by atoms with Crippen LogP contribution in [0.2, 0.25) is 0 Å². The zero-order valence-corrected chi connectivity index (χ0v) is 5.70. The first-order valence-corrected chi connectivity index (χ1v) is 2.98. The summed E-state index contributed by atoms with van der Waals surface area (Å²) in [7, 11) is 0. The van der Waals surface area contributed by atoms with Crippen molar-refractivity contribution in [2.45, 2.75) is 6.92 Å². The van der Waals surface area contributed by atoms with Gasteiger partial charge < -0.3 is 5.21 Å². The minimum atomic E-state index is 0.794. The molecule has 0 aromatic heterocycles. The molecule has 2 heteroatoms. The smallest absolute Gasteiger partial charge is 0.0740 e. The molecule has 0 spiro atoms. The summed E-state index contributed by atoms with van der Waals surface area (Å²) in [5, 5.41) is 11.1. The van der Waals surface area contributed by atoms with E-state index in [2.05, 4.69) is 11.2 Å². The standard InChI is InChI=1S/C8H8NO/c1-7-3-2-4-8(5-7)6-9-10/h2-3,5-6,10H,1H3/b9-6-. The lowest BCUT2D eigenvalue weighted by atomic mass is 10.2. The summed E-state index contributed by atoms with van der Waals surface area (Å²) < 4.78 is 0. The molecule has 0 aliphatic carbocycles. The molecule has 0 unspecified atom stereocenters. The molecular weight excluding hydrogens is 126 g/mol. The van der Waals surface area contributed by atoms with Crippen LogP contribution in [0.1, 0.15) is 11.1 Å². The van der Waals surface area contributed by atoms with Crippen LogP contribution < -0.4 is 0 Å². The van der Waals surface area contributed by atoms with Gasteiger partial charge >= 0.3 is 0 Å². The summed E-state index contributed by atoms with van der Waals surface area (Å²) in [5.41, 5.74) is 1.93. The normalized spacial score (nSPS) is 10.5. The van der Waals surface area contributed by atoms with Crippen molar-refractivity contribution < 1.29 is 5.21 Å². The van der Waals surface area contributed by atoms with E-state index in [0.717, 1.165) is 11.1 Å². The van der Waals surface area contributed by atoms with Crippen molar-refractivity contribution in [3.63, 3.8) is 0 Å². The van der Waals surface area contributed by atoms with E-state index in [1.165, 1.54) is 6.21 Å². The van der Waals surface area contributed by atoms with Crippen molar-refractivity contribution >= 4 is 6.21 Å². The molecule has 0 saturated heterocycles. The topological polar surface area (TPSA) is 32.6 Å². The maximum atomic E-state index is 8.16. The Kier molecular flexibility index (Phi) is 2.05. The lowest BCUT2D eigenvalue weighted by Gasteiger charge is -1.91. The molecule has 1 aromatic carbocycles. The van der Waals surface area contributed by atoms with Crippen LogP contribution in [0.5, 0.6) is 0 Å². The second-order valence-electron chi connectivity index (χ2n) is 2.07. The zero-order valence-electron chi connectivity index (χ0n) is 5.70. The molecule has 0 atom stereocenters. The number of nitrogens with zero attached hydrogens (tertiary/aromatic N) is 1. The number of benzene rings is 1. The molecule has 1 aromatic rings. The molecule has 0 aliphatic heterocycles. The second kappa shape index (κ2) is 3.01. The summed E-state index contributed by atoms with van der Waals surface area (Å²) in [5.74, 6) is 0. The Morgan fingerprint density at radius 1 is 1.70 bits per heavy atom. The van der Waals surface area contributed by atoms with Crippen molar-refractivity contribution in [3.8, 4) is 0 Å². The van der Waals surface area contributed by atoms with Crippen molar-refractivity contribution in [2.24, 2.45) is 5.16 Å². The van der Waals surface area contributed by atoms with Crippen molar-refractivity contribution in [2.75, 3.05) is 0 Å². The van der Waals surface area contributed by atoms with Crippen molar-refractivity contribution in [1.82, 2.24) is 0 Å². The van der Waals surface area contributed by atoms with E-state index >= 15 is 0 Å². The van der Waals surface area contributed by atoms with Gasteiger partial charge in [-0.25, -0.2) is 0 Å². The molecule has 0 aliphatic rings. The maximum absolute atomic E-state index is 8.16. The fourth-order valence-corrected chi connectivity index (χ4v) is 0.741. The highest BCUT2D eigenvalue weighted by Gasteiger charge is 1.86. The van der Waals surface area contributed by atoms with E-state index in [4.69, 9.17) is 5.21 Å². The highest BCUT2D eigenvalue weighted by Crippen LogP contribution is 1.99. The maximum Gasteiger partial charge on any atom is 0.0740 e. The summed E-state index contributed by atoms with van der Waals surface area (Å²) in [6, 6.07) is 8.53. The number of oxime groups is 1. The van der Waals surface area contributed by atoms with Gasteiger partial charge in [0, 0.05) is 5.56 Å². The quantitative estimate of drug-likeness (QED) is 0.353. The molecule has 10 heavy (non-hydrogen) atoms. The average Bonchev–Trinajstić information content (AvgIpc) is 1.88. The van der Waals surface area contributed by atoms with Crippen molar-refractivity contribution in [3.05, 3.63) is 35.4 Å². The summed E-state index contributed by atoms with van der Waals surface area (Å²) >= 11 is 0. The summed E-state index contributed by atoms with van der Waals surface area (Å²) in [6.07, 6.45) is 1.35. The zero-order chi connectivity index (χ0) is 7.40. The van der Waals surface area contributed by atoms with Gasteiger partial charge in [0.2, 0.25) is 0 Å². The first-order chi connectivity index (χ1) is 4.83.